The van der Waals surface area contributed by atoms with Gasteiger partial charge in [0.05, 0.1) is 5.60 Å². The number of rotatable bonds is 6. The summed E-state index contributed by atoms with van der Waals surface area (Å²) in [5.41, 5.74) is -0.460. The Morgan fingerprint density at radius 2 is 1.64 bits per heavy atom. The first kappa shape index (κ1) is 10.9. The van der Waals surface area contributed by atoms with Gasteiger partial charge in [-0.3, -0.25) is 0 Å². The van der Waals surface area contributed by atoms with Crippen LogP contribution in [0.5, 0.6) is 0 Å². The quantitative estimate of drug-likeness (QED) is 0.616. The van der Waals surface area contributed by atoms with Gasteiger partial charge in [0, 0.05) is 6.54 Å². The molecule has 0 aliphatic rings. The Morgan fingerprint density at radius 3 is 1.91 bits per heavy atom. The molecule has 0 bridgehead atoms. The fraction of sp³-hybridized carbons (Fsp3) is 1.00. The first-order valence-corrected chi connectivity index (χ1v) is 4.55. The SMILES string of the molecule is CCCC(O)(CCC)CNC. The van der Waals surface area contributed by atoms with Crippen LogP contribution in [0.3, 0.4) is 0 Å². The Morgan fingerprint density at radius 1 is 1.18 bits per heavy atom. The third-order valence-electron chi connectivity index (χ3n) is 1.94. The lowest BCUT2D eigenvalue weighted by molar-refractivity contribution is 0.0235. The van der Waals surface area contributed by atoms with Gasteiger partial charge in [0.25, 0.3) is 0 Å². The topological polar surface area (TPSA) is 32.3 Å². The average Bonchev–Trinajstić information content (AvgIpc) is 1.88. The van der Waals surface area contributed by atoms with Gasteiger partial charge in [-0.05, 0) is 19.9 Å². The van der Waals surface area contributed by atoms with Crippen LogP contribution in [0.2, 0.25) is 0 Å². The van der Waals surface area contributed by atoms with Crippen molar-refractivity contribution in [2.75, 3.05) is 13.6 Å². The average molecular weight is 159 g/mol. The monoisotopic (exact) mass is 159 g/mol. The molecule has 0 aromatic heterocycles. The molecule has 11 heavy (non-hydrogen) atoms. The molecule has 0 atom stereocenters. The number of hydrogen-bond donors (Lipinski definition) is 2. The highest BCUT2D eigenvalue weighted by Crippen LogP contribution is 2.17. The maximum Gasteiger partial charge on any atom is 0.0771 e. The van der Waals surface area contributed by atoms with Crippen LogP contribution in [-0.4, -0.2) is 24.3 Å². The van der Waals surface area contributed by atoms with E-state index in [1.807, 2.05) is 7.05 Å². The van der Waals surface area contributed by atoms with Gasteiger partial charge >= 0.3 is 0 Å². The molecule has 0 aliphatic heterocycles. The number of aliphatic hydroxyl groups is 1. The minimum Gasteiger partial charge on any atom is -0.389 e. The molecule has 0 heterocycles. The Bertz CT molecular complexity index is 76.5. The van der Waals surface area contributed by atoms with Gasteiger partial charge in [-0.15, -0.1) is 0 Å². The fourth-order valence-electron chi connectivity index (χ4n) is 1.56. The Balaban J connectivity index is 3.79. The van der Waals surface area contributed by atoms with E-state index >= 15 is 0 Å². The van der Waals surface area contributed by atoms with E-state index in [9.17, 15) is 5.11 Å². The van der Waals surface area contributed by atoms with Gasteiger partial charge in [-0.2, -0.15) is 0 Å². The number of likely N-dealkylation sites (N-methyl/N-ethyl adjacent to an activating group) is 1. The molecule has 68 valence electrons. The van der Waals surface area contributed by atoms with Crippen LogP contribution in [0.25, 0.3) is 0 Å². The predicted octanol–water partition coefficient (Wildman–Crippen LogP) is 1.54. The molecule has 0 amide bonds. The van der Waals surface area contributed by atoms with Gasteiger partial charge in [0.2, 0.25) is 0 Å². The summed E-state index contributed by atoms with van der Waals surface area (Å²) >= 11 is 0. The van der Waals surface area contributed by atoms with Crippen LogP contribution < -0.4 is 5.32 Å². The maximum absolute atomic E-state index is 9.95. The van der Waals surface area contributed by atoms with Gasteiger partial charge in [-0.25, -0.2) is 0 Å². The maximum atomic E-state index is 9.95. The van der Waals surface area contributed by atoms with Crippen molar-refractivity contribution in [3.05, 3.63) is 0 Å². The summed E-state index contributed by atoms with van der Waals surface area (Å²) in [6.45, 7) is 4.93. The highest BCUT2D eigenvalue weighted by Gasteiger charge is 2.22. The minimum atomic E-state index is -0.460. The zero-order chi connectivity index (χ0) is 8.74. The molecule has 0 radical (unpaired) electrons. The zero-order valence-electron chi connectivity index (χ0n) is 7.98. The molecule has 2 heteroatoms. The smallest absolute Gasteiger partial charge is 0.0771 e. The first-order valence-electron chi connectivity index (χ1n) is 4.55. The van der Waals surface area contributed by atoms with Crippen LogP contribution in [0.1, 0.15) is 39.5 Å². The summed E-state index contributed by atoms with van der Waals surface area (Å²) in [6.07, 6.45) is 3.92. The van der Waals surface area contributed by atoms with E-state index in [0.29, 0.717) is 6.54 Å². The van der Waals surface area contributed by atoms with E-state index in [1.54, 1.807) is 0 Å². The van der Waals surface area contributed by atoms with E-state index in [4.69, 9.17) is 0 Å². The largest absolute Gasteiger partial charge is 0.389 e. The molecule has 0 unspecified atom stereocenters. The van der Waals surface area contributed by atoms with Crippen LogP contribution >= 0.6 is 0 Å². The molecule has 0 fully saturated rings. The lowest BCUT2D eigenvalue weighted by Crippen LogP contribution is -2.38. The predicted molar refractivity (Wildman–Crippen MR) is 48.7 cm³/mol. The molecular formula is C9H21NO. The fourth-order valence-corrected chi connectivity index (χ4v) is 1.56. The normalized spacial score (nSPS) is 12.0. The molecule has 2 nitrogen and oxygen atoms in total. The standard InChI is InChI=1S/C9H21NO/c1-4-6-9(11,7-5-2)8-10-3/h10-11H,4-8H2,1-3H3. The zero-order valence-corrected chi connectivity index (χ0v) is 7.98. The van der Waals surface area contributed by atoms with Crippen molar-refractivity contribution in [2.24, 2.45) is 0 Å². The van der Waals surface area contributed by atoms with Crippen molar-refractivity contribution in [1.29, 1.82) is 0 Å². The van der Waals surface area contributed by atoms with E-state index in [0.717, 1.165) is 25.7 Å². The van der Waals surface area contributed by atoms with E-state index < -0.39 is 5.60 Å². The van der Waals surface area contributed by atoms with Crippen LogP contribution in [-0.2, 0) is 0 Å². The third-order valence-corrected chi connectivity index (χ3v) is 1.94. The molecule has 0 saturated carbocycles. The molecule has 2 N–H and O–H groups in total. The summed E-state index contributed by atoms with van der Waals surface area (Å²) in [6, 6.07) is 0. The van der Waals surface area contributed by atoms with Crippen molar-refractivity contribution in [1.82, 2.24) is 5.32 Å². The highest BCUT2D eigenvalue weighted by atomic mass is 16.3. The molecule has 0 aromatic carbocycles. The van der Waals surface area contributed by atoms with E-state index in [2.05, 4.69) is 19.2 Å². The first-order chi connectivity index (χ1) is 5.18. The Kier molecular flexibility index (Phi) is 5.51. The Hall–Kier alpha value is -0.0800. The minimum absolute atomic E-state index is 0.460. The molecular weight excluding hydrogens is 138 g/mol. The van der Waals surface area contributed by atoms with Crippen LogP contribution in [0, 0.1) is 0 Å². The third kappa shape index (κ3) is 4.38. The number of hydrogen-bond acceptors (Lipinski definition) is 2. The van der Waals surface area contributed by atoms with Gasteiger partial charge in [0.15, 0.2) is 0 Å². The van der Waals surface area contributed by atoms with Crippen molar-refractivity contribution < 1.29 is 5.11 Å². The van der Waals surface area contributed by atoms with Crippen molar-refractivity contribution in [3.8, 4) is 0 Å². The summed E-state index contributed by atoms with van der Waals surface area (Å²) < 4.78 is 0. The summed E-state index contributed by atoms with van der Waals surface area (Å²) in [4.78, 5) is 0. The molecule has 0 spiro atoms. The van der Waals surface area contributed by atoms with Gasteiger partial charge in [-0.1, -0.05) is 26.7 Å². The van der Waals surface area contributed by atoms with E-state index in [-0.39, 0.29) is 0 Å². The molecule has 0 aromatic rings. The molecule has 0 aliphatic carbocycles. The lowest BCUT2D eigenvalue weighted by Gasteiger charge is -2.26. The van der Waals surface area contributed by atoms with Crippen molar-refractivity contribution in [2.45, 2.75) is 45.1 Å². The second-order valence-electron chi connectivity index (χ2n) is 3.25. The summed E-state index contributed by atoms with van der Waals surface area (Å²) in [7, 11) is 1.89. The van der Waals surface area contributed by atoms with Crippen molar-refractivity contribution >= 4 is 0 Å². The van der Waals surface area contributed by atoms with Gasteiger partial charge < -0.3 is 10.4 Å². The van der Waals surface area contributed by atoms with E-state index in [1.165, 1.54) is 0 Å². The second-order valence-corrected chi connectivity index (χ2v) is 3.25. The Labute approximate surface area is 70.0 Å². The van der Waals surface area contributed by atoms with Crippen LogP contribution in [0.15, 0.2) is 0 Å². The summed E-state index contributed by atoms with van der Waals surface area (Å²) in [5, 5.41) is 13.0. The number of nitrogens with one attached hydrogen (secondary N) is 1. The van der Waals surface area contributed by atoms with Gasteiger partial charge in [0.1, 0.15) is 0 Å². The van der Waals surface area contributed by atoms with Crippen LogP contribution in [0.4, 0.5) is 0 Å². The highest BCUT2D eigenvalue weighted by molar-refractivity contribution is 4.79. The lowest BCUT2D eigenvalue weighted by atomic mass is 9.93. The molecule has 0 rings (SSSR count). The summed E-state index contributed by atoms with van der Waals surface area (Å²) in [5.74, 6) is 0. The van der Waals surface area contributed by atoms with Crippen molar-refractivity contribution in [3.63, 3.8) is 0 Å². The second kappa shape index (κ2) is 5.56. The molecule has 0 saturated heterocycles.